The first-order valence-corrected chi connectivity index (χ1v) is 7.28. The highest BCUT2D eigenvalue weighted by Crippen LogP contribution is 2.31. The number of rotatable bonds is 5. The van der Waals surface area contributed by atoms with Gasteiger partial charge in [0.05, 0.1) is 12.8 Å². The summed E-state index contributed by atoms with van der Waals surface area (Å²) >= 11 is 0. The molecular weight excluding hydrogens is 293 g/mol. The average molecular weight is 309 g/mol. The Hall–Kier alpha value is -2.72. The summed E-state index contributed by atoms with van der Waals surface area (Å²) in [5, 5.41) is 9.73. The van der Waals surface area contributed by atoms with E-state index in [0.717, 1.165) is 11.8 Å². The predicted molar refractivity (Wildman–Crippen MR) is 86.3 cm³/mol. The first-order valence-electron chi connectivity index (χ1n) is 7.28. The molecule has 0 aliphatic heterocycles. The van der Waals surface area contributed by atoms with Crippen LogP contribution in [-0.4, -0.2) is 10.1 Å². The molecule has 0 spiro atoms. The molecule has 23 heavy (non-hydrogen) atoms. The maximum atomic E-state index is 13.4. The third-order valence-electron chi connectivity index (χ3n) is 3.54. The van der Waals surface area contributed by atoms with Crippen LogP contribution in [0, 0.1) is 5.82 Å². The molecule has 3 rings (SSSR count). The third kappa shape index (κ3) is 3.55. The van der Waals surface area contributed by atoms with E-state index in [1.165, 1.54) is 6.07 Å². The Kier molecular flexibility index (Phi) is 4.64. The largest absolute Gasteiger partial charge is 0.489 e. The summed E-state index contributed by atoms with van der Waals surface area (Å²) in [5.74, 6) is 0.167. The fraction of sp³-hybridized carbons (Fsp3) is 0.105. The van der Waals surface area contributed by atoms with Crippen LogP contribution in [0.4, 0.5) is 4.39 Å². The number of hydrogen-bond donors (Lipinski definition) is 1. The molecular formula is C19H16FNO2. The van der Waals surface area contributed by atoms with Gasteiger partial charge in [-0.15, -0.1) is 0 Å². The van der Waals surface area contributed by atoms with E-state index in [1.807, 2.05) is 42.5 Å². The molecule has 4 heteroatoms. The molecule has 0 fully saturated rings. The molecule has 0 aliphatic carbocycles. The van der Waals surface area contributed by atoms with Crippen LogP contribution in [0.2, 0.25) is 0 Å². The third-order valence-corrected chi connectivity index (χ3v) is 3.54. The first-order chi connectivity index (χ1) is 11.3. The zero-order chi connectivity index (χ0) is 16.1. The summed E-state index contributed by atoms with van der Waals surface area (Å²) in [4.78, 5) is 3.86. The van der Waals surface area contributed by atoms with Gasteiger partial charge in [0, 0.05) is 17.3 Å². The van der Waals surface area contributed by atoms with E-state index in [9.17, 15) is 9.50 Å². The molecule has 3 nitrogen and oxygen atoms in total. The summed E-state index contributed by atoms with van der Waals surface area (Å²) in [7, 11) is 0. The summed E-state index contributed by atoms with van der Waals surface area (Å²) in [6.07, 6.45) is 2.72. The van der Waals surface area contributed by atoms with Crippen LogP contribution in [0.1, 0.15) is 11.1 Å². The second kappa shape index (κ2) is 7.03. The predicted octanol–water partition coefficient (Wildman–Crippen LogP) is 3.96. The van der Waals surface area contributed by atoms with E-state index in [4.69, 9.17) is 4.74 Å². The van der Waals surface area contributed by atoms with Gasteiger partial charge in [-0.05, 0) is 23.3 Å². The number of hydrogen-bond acceptors (Lipinski definition) is 3. The van der Waals surface area contributed by atoms with Crippen molar-refractivity contribution < 1.29 is 14.2 Å². The zero-order valence-corrected chi connectivity index (χ0v) is 12.4. The highest BCUT2D eigenvalue weighted by molar-refractivity contribution is 5.69. The van der Waals surface area contributed by atoms with Gasteiger partial charge in [0.15, 0.2) is 0 Å². The molecule has 0 amide bonds. The number of benzene rings is 2. The van der Waals surface area contributed by atoms with E-state index in [1.54, 1.807) is 12.3 Å². The van der Waals surface area contributed by atoms with Gasteiger partial charge in [-0.2, -0.15) is 0 Å². The highest BCUT2D eigenvalue weighted by Gasteiger charge is 2.11. The fourth-order valence-electron chi connectivity index (χ4n) is 2.43. The molecule has 0 aliphatic rings. The second-order valence-corrected chi connectivity index (χ2v) is 5.11. The van der Waals surface area contributed by atoms with Crippen LogP contribution < -0.4 is 4.74 Å². The molecule has 2 aromatic carbocycles. The number of nitrogens with zero attached hydrogens (tertiary/aromatic N) is 1. The van der Waals surface area contributed by atoms with E-state index in [0.29, 0.717) is 29.0 Å². The van der Waals surface area contributed by atoms with Crippen molar-refractivity contribution in [1.82, 2.24) is 4.98 Å². The average Bonchev–Trinajstić information content (AvgIpc) is 2.60. The van der Waals surface area contributed by atoms with Crippen LogP contribution in [0.15, 0.2) is 67.0 Å². The Morgan fingerprint density at radius 3 is 2.57 bits per heavy atom. The quantitative estimate of drug-likeness (QED) is 0.775. The minimum Gasteiger partial charge on any atom is -0.489 e. The van der Waals surface area contributed by atoms with Gasteiger partial charge in [0.25, 0.3) is 0 Å². The Balaban J connectivity index is 1.91. The van der Waals surface area contributed by atoms with Gasteiger partial charge in [-0.3, -0.25) is 4.98 Å². The molecule has 0 bridgehead atoms. The van der Waals surface area contributed by atoms with Crippen LogP contribution >= 0.6 is 0 Å². The second-order valence-electron chi connectivity index (χ2n) is 5.11. The number of halogens is 1. The number of pyridine rings is 1. The summed E-state index contributed by atoms with van der Waals surface area (Å²) in [5.41, 5.74) is 2.98. The molecule has 116 valence electrons. The van der Waals surface area contributed by atoms with Gasteiger partial charge >= 0.3 is 0 Å². The number of ether oxygens (including phenoxy) is 1. The fourth-order valence-corrected chi connectivity index (χ4v) is 2.43. The van der Waals surface area contributed by atoms with Gasteiger partial charge < -0.3 is 9.84 Å². The van der Waals surface area contributed by atoms with Crippen molar-refractivity contribution in [1.29, 1.82) is 0 Å². The Morgan fingerprint density at radius 1 is 1.00 bits per heavy atom. The van der Waals surface area contributed by atoms with Crippen molar-refractivity contribution >= 4 is 0 Å². The van der Waals surface area contributed by atoms with Crippen molar-refractivity contribution in [3.05, 3.63) is 83.9 Å². The molecule has 3 aromatic rings. The first kappa shape index (κ1) is 15.2. The van der Waals surface area contributed by atoms with Crippen molar-refractivity contribution in [3.63, 3.8) is 0 Å². The lowest BCUT2D eigenvalue weighted by molar-refractivity contribution is 0.259. The van der Waals surface area contributed by atoms with Crippen LogP contribution in [0.3, 0.4) is 0 Å². The van der Waals surface area contributed by atoms with Crippen LogP contribution in [-0.2, 0) is 13.2 Å². The van der Waals surface area contributed by atoms with Crippen molar-refractivity contribution in [3.8, 4) is 16.9 Å². The van der Waals surface area contributed by atoms with Gasteiger partial charge in [0.2, 0.25) is 0 Å². The van der Waals surface area contributed by atoms with Gasteiger partial charge in [-0.25, -0.2) is 4.39 Å². The van der Waals surface area contributed by atoms with Crippen molar-refractivity contribution in [2.24, 2.45) is 0 Å². The Labute approximate surface area is 134 Å². The van der Waals surface area contributed by atoms with E-state index in [2.05, 4.69) is 4.98 Å². The van der Waals surface area contributed by atoms with Gasteiger partial charge in [-0.1, -0.05) is 42.5 Å². The number of aliphatic hydroxyl groups is 1. The minimum absolute atomic E-state index is 0.198. The van der Waals surface area contributed by atoms with Crippen molar-refractivity contribution in [2.75, 3.05) is 0 Å². The molecule has 1 aromatic heterocycles. The van der Waals surface area contributed by atoms with Crippen LogP contribution in [0.5, 0.6) is 5.75 Å². The summed E-state index contributed by atoms with van der Waals surface area (Å²) in [6.45, 7) is 0.204. The number of aliphatic hydroxyl groups excluding tert-OH is 1. The Morgan fingerprint density at radius 2 is 1.83 bits per heavy atom. The van der Waals surface area contributed by atoms with E-state index in [-0.39, 0.29) is 6.61 Å². The van der Waals surface area contributed by atoms with Crippen molar-refractivity contribution in [2.45, 2.75) is 13.2 Å². The SMILES string of the molecule is OCc1c(OCc2ccccc2)cccc1-c1cncc(F)c1. The summed E-state index contributed by atoms with van der Waals surface area (Å²) in [6, 6.07) is 16.6. The standard InChI is InChI=1S/C19H16FNO2/c20-16-9-15(10-21-11-16)17-7-4-8-19(18(17)12-22)23-13-14-5-2-1-3-6-14/h1-11,22H,12-13H2. The normalized spacial score (nSPS) is 10.5. The van der Waals surface area contributed by atoms with Gasteiger partial charge in [0.1, 0.15) is 18.2 Å². The highest BCUT2D eigenvalue weighted by atomic mass is 19.1. The van der Waals surface area contributed by atoms with E-state index < -0.39 is 5.82 Å². The minimum atomic E-state index is -0.415. The lowest BCUT2D eigenvalue weighted by Gasteiger charge is -2.14. The molecule has 0 atom stereocenters. The summed E-state index contributed by atoms with van der Waals surface area (Å²) < 4.78 is 19.2. The topological polar surface area (TPSA) is 42.4 Å². The van der Waals surface area contributed by atoms with Crippen LogP contribution in [0.25, 0.3) is 11.1 Å². The monoisotopic (exact) mass is 309 g/mol. The maximum absolute atomic E-state index is 13.4. The number of aromatic nitrogens is 1. The lowest BCUT2D eigenvalue weighted by Crippen LogP contribution is -2.00. The molecule has 0 unspecified atom stereocenters. The molecule has 0 radical (unpaired) electrons. The Bertz CT molecular complexity index is 790. The molecule has 0 saturated heterocycles. The molecule has 1 heterocycles. The molecule has 1 N–H and O–H groups in total. The zero-order valence-electron chi connectivity index (χ0n) is 12.4. The smallest absolute Gasteiger partial charge is 0.142 e. The maximum Gasteiger partial charge on any atom is 0.142 e. The molecule has 0 saturated carbocycles. The lowest BCUT2D eigenvalue weighted by atomic mass is 10.0. The van der Waals surface area contributed by atoms with E-state index >= 15 is 0 Å².